The first kappa shape index (κ1) is 13.2. The molecule has 2 N–H and O–H groups in total. The van der Waals surface area contributed by atoms with Gasteiger partial charge in [-0.05, 0) is 37.3 Å². The van der Waals surface area contributed by atoms with Crippen LogP contribution in [0.25, 0.3) is 0 Å². The Morgan fingerprint density at radius 3 is 2.38 bits per heavy atom. The summed E-state index contributed by atoms with van der Waals surface area (Å²) in [5, 5.41) is 0. The van der Waals surface area contributed by atoms with Crippen LogP contribution in [0.4, 0.5) is 0 Å². The predicted octanol–water partition coefficient (Wildman–Crippen LogP) is 2.85. The van der Waals surface area contributed by atoms with Crippen LogP contribution in [0.15, 0.2) is 24.3 Å². The first-order valence-corrected chi connectivity index (χ1v) is 5.97. The fraction of sp³-hybridized carbons (Fsp3) is 0.571. The molecule has 0 aliphatic heterocycles. The number of hydrogen-bond donors (Lipinski definition) is 1. The molecule has 0 spiro atoms. The molecule has 1 rings (SSSR count). The van der Waals surface area contributed by atoms with Crippen LogP contribution in [0.3, 0.4) is 0 Å². The third kappa shape index (κ3) is 3.62. The molecule has 1 atom stereocenters. The van der Waals surface area contributed by atoms with Gasteiger partial charge in [0.1, 0.15) is 0 Å². The maximum Gasteiger partial charge on any atom is 0.0463 e. The summed E-state index contributed by atoms with van der Waals surface area (Å²) in [6.07, 6.45) is 3.02. The first-order chi connectivity index (χ1) is 7.60. The fourth-order valence-corrected chi connectivity index (χ4v) is 1.85. The summed E-state index contributed by atoms with van der Waals surface area (Å²) in [6, 6.07) is 8.62. The van der Waals surface area contributed by atoms with Crippen LogP contribution in [-0.2, 0) is 16.7 Å². The summed E-state index contributed by atoms with van der Waals surface area (Å²) < 4.78 is 5.05. The number of aryl methyl sites for hydroxylation is 1. The maximum atomic E-state index is 6.31. The lowest BCUT2D eigenvalue weighted by molar-refractivity contribution is 0.184. The lowest BCUT2D eigenvalue weighted by atomic mass is 9.88. The van der Waals surface area contributed by atoms with E-state index in [2.05, 4.69) is 38.1 Å². The molecule has 0 aromatic heterocycles. The van der Waals surface area contributed by atoms with E-state index in [-0.39, 0.29) is 5.54 Å². The van der Waals surface area contributed by atoms with Gasteiger partial charge in [-0.1, -0.05) is 31.2 Å². The molecule has 0 bridgehead atoms. The zero-order valence-corrected chi connectivity index (χ0v) is 10.6. The number of benzene rings is 1. The molecule has 0 saturated carbocycles. The van der Waals surface area contributed by atoms with Crippen molar-refractivity contribution in [3.8, 4) is 0 Å². The topological polar surface area (TPSA) is 35.2 Å². The van der Waals surface area contributed by atoms with Gasteiger partial charge in [0.15, 0.2) is 0 Å². The quantitative estimate of drug-likeness (QED) is 0.750. The highest BCUT2D eigenvalue weighted by Crippen LogP contribution is 2.23. The maximum absolute atomic E-state index is 6.31. The predicted molar refractivity (Wildman–Crippen MR) is 68.5 cm³/mol. The van der Waals surface area contributed by atoms with Gasteiger partial charge in [-0.15, -0.1) is 0 Å². The minimum Gasteiger partial charge on any atom is -0.385 e. The summed E-state index contributed by atoms with van der Waals surface area (Å²) in [5.41, 5.74) is 8.64. The molecule has 0 aliphatic rings. The molecule has 2 heteroatoms. The van der Waals surface area contributed by atoms with E-state index >= 15 is 0 Å². The van der Waals surface area contributed by atoms with Crippen molar-refractivity contribution in [2.45, 2.75) is 38.6 Å². The molecule has 0 aliphatic carbocycles. The summed E-state index contributed by atoms with van der Waals surface area (Å²) in [5.74, 6) is 0. The van der Waals surface area contributed by atoms with Crippen LogP contribution < -0.4 is 5.73 Å². The summed E-state index contributed by atoms with van der Waals surface area (Å²) in [6.45, 7) is 5.03. The summed E-state index contributed by atoms with van der Waals surface area (Å²) in [4.78, 5) is 0. The van der Waals surface area contributed by atoms with E-state index < -0.39 is 0 Å². The van der Waals surface area contributed by atoms with Crippen LogP contribution in [0.1, 0.15) is 37.8 Å². The third-order valence-corrected chi connectivity index (χ3v) is 3.07. The smallest absolute Gasteiger partial charge is 0.0463 e. The second-order valence-corrected chi connectivity index (χ2v) is 4.56. The van der Waals surface area contributed by atoms with E-state index in [1.807, 2.05) is 0 Å². The zero-order chi connectivity index (χ0) is 12.0. The lowest BCUT2D eigenvalue weighted by Gasteiger charge is -2.25. The number of ether oxygens (including phenoxy) is 1. The molecule has 0 radical (unpaired) electrons. The molecule has 1 aromatic carbocycles. The Kier molecular flexibility index (Phi) is 4.97. The largest absolute Gasteiger partial charge is 0.385 e. The van der Waals surface area contributed by atoms with Crippen molar-refractivity contribution in [1.82, 2.24) is 0 Å². The molecule has 0 fully saturated rings. The van der Waals surface area contributed by atoms with Crippen molar-refractivity contribution in [1.29, 1.82) is 0 Å². The van der Waals surface area contributed by atoms with Gasteiger partial charge in [-0.3, -0.25) is 0 Å². The van der Waals surface area contributed by atoms with Gasteiger partial charge < -0.3 is 10.5 Å². The van der Waals surface area contributed by atoms with Gasteiger partial charge in [-0.25, -0.2) is 0 Å². The number of rotatable bonds is 6. The van der Waals surface area contributed by atoms with Gasteiger partial charge in [0.05, 0.1) is 0 Å². The van der Waals surface area contributed by atoms with Crippen LogP contribution in [0.5, 0.6) is 0 Å². The second kappa shape index (κ2) is 6.02. The standard InChI is InChI=1S/C14H23NO/c1-4-12-6-8-13(9-7-12)14(2,15)10-5-11-16-3/h6-9H,4-5,10-11,15H2,1-3H3. The molecule has 90 valence electrons. The highest BCUT2D eigenvalue weighted by atomic mass is 16.5. The normalized spacial score (nSPS) is 14.8. The van der Waals surface area contributed by atoms with Gasteiger partial charge in [0.2, 0.25) is 0 Å². The van der Waals surface area contributed by atoms with Crippen LogP contribution in [-0.4, -0.2) is 13.7 Å². The van der Waals surface area contributed by atoms with E-state index in [1.54, 1.807) is 7.11 Å². The van der Waals surface area contributed by atoms with Crippen molar-refractivity contribution in [3.63, 3.8) is 0 Å². The Morgan fingerprint density at radius 1 is 1.25 bits per heavy atom. The van der Waals surface area contributed by atoms with E-state index in [9.17, 15) is 0 Å². The van der Waals surface area contributed by atoms with E-state index in [0.29, 0.717) is 0 Å². The van der Waals surface area contributed by atoms with E-state index in [0.717, 1.165) is 25.9 Å². The highest BCUT2D eigenvalue weighted by molar-refractivity contribution is 5.27. The molecule has 2 nitrogen and oxygen atoms in total. The van der Waals surface area contributed by atoms with Gasteiger partial charge in [-0.2, -0.15) is 0 Å². The molecule has 16 heavy (non-hydrogen) atoms. The summed E-state index contributed by atoms with van der Waals surface area (Å²) in [7, 11) is 1.73. The lowest BCUT2D eigenvalue weighted by Crippen LogP contribution is -2.33. The average molecular weight is 221 g/mol. The van der Waals surface area contributed by atoms with Crippen LogP contribution >= 0.6 is 0 Å². The Morgan fingerprint density at radius 2 is 1.88 bits per heavy atom. The number of methoxy groups -OCH3 is 1. The molecular formula is C14H23NO. The van der Waals surface area contributed by atoms with E-state index in [1.165, 1.54) is 11.1 Å². The fourth-order valence-electron chi connectivity index (χ4n) is 1.85. The molecule has 0 amide bonds. The molecule has 0 saturated heterocycles. The Balaban J connectivity index is 2.65. The Hall–Kier alpha value is -0.860. The van der Waals surface area contributed by atoms with Gasteiger partial charge >= 0.3 is 0 Å². The third-order valence-electron chi connectivity index (χ3n) is 3.07. The minimum atomic E-state index is -0.245. The average Bonchev–Trinajstić information content (AvgIpc) is 2.29. The highest BCUT2D eigenvalue weighted by Gasteiger charge is 2.20. The monoisotopic (exact) mass is 221 g/mol. The Labute approximate surface area is 98.8 Å². The minimum absolute atomic E-state index is 0.245. The molecular weight excluding hydrogens is 198 g/mol. The first-order valence-electron chi connectivity index (χ1n) is 5.97. The van der Waals surface area contributed by atoms with Gasteiger partial charge in [0.25, 0.3) is 0 Å². The SMILES string of the molecule is CCc1ccc(C(C)(N)CCCOC)cc1. The molecule has 1 aromatic rings. The Bertz CT molecular complexity index is 303. The molecule has 1 unspecified atom stereocenters. The number of hydrogen-bond acceptors (Lipinski definition) is 2. The zero-order valence-electron chi connectivity index (χ0n) is 10.6. The van der Waals surface area contributed by atoms with E-state index in [4.69, 9.17) is 10.5 Å². The molecule has 0 heterocycles. The van der Waals surface area contributed by atoms with Crippen molar-refractivity contribution in [2.24, 2.45) is 5.73 Å². The van der Waals surface area contributed by atoms with Crippen molar-refractivity contribution < 1.29 is 4.74 Å². The van der Waals surface area contributed by atoms with Crippen molar-refractivity contribution >= 4 is 0 Å². The van der Waals surface area contributed by atoms with Crippen molar-refractivity contribution in [2.75, 3.05) is 13.7 Å². The van der Waals surface area contributed by atoms with Crippen LogP contribution in [0.2, 0.25) is 0 Å². The summed E-state index contributed by atoms with van der Waals surface area (Å²) >= 11 is 0. The van der Waals surface area contributed by atoms with Crippen LogP contribution in [0, 0.1) is 0 Å². The van der Waals surface area contributed by atoms with Crippen molar-refractivity contribution in [3.05, 3.63) is 35.4 Å². The second-order valence-electron chi connectivity index (χ2n) is 4.56. The number of nitrogens with two attached hydrogens (primary N) is 1. The van der Waals surface area contributed by atoms with Gasteiger partial charge in [0, 0.05) is 19.3 Å².